The van der Waals surface area contributed by atoms with Gasteiger partial charge in [0.2, 0.25) is 0 Å². The molecule has 0 amide bonds. The topological polar surface area (TPSA) is 0 Å². The van der Waals surface area contributed by atoms with Crippen LogP contribution in [0.1, 0.15) is 6.92 Å². The van der Waals surface area contributed by atoms with E-state index in [2.05, 4.69) is 31.7 Å². The predicted octanol–water partition coefficient (Wildman–Crippen LogP) is 3.74. The smallest absolute Gasteiger partial charge is 0.0183 e. The fourth-order valence-corrected chi connectivity index (χ4v) is 2.37. The van der Waals surface area contributed by atoms with Gasteiger partial charge in [0.25, 0.3) is 0 Å². The van der Waals surface area contributed by atoms with Crippen LogP contribution in [0.4, 0.5) is 0 Å². The molecule has 0 N–H and O–H groups in total. The van der Waals surface area contributed by atoms with Crippen molar-refractivity contribution in [2.45, 2.75) is 16.7 Å². The summed E-state index contributed by atoms with van der Waals surface area (Å²) in [5.74, 6) is 1.15. The highest BCUT2D eigenvalue weighted by atomic mass is 33.1. The van der Waals surface area contributed by atoms with E-state index in [4.69, 9.17) is 0 Å². The molecular weight excluding hydrogens is 192 g/mol. The molecule has 1 aromatic carbocycles. The highest BCUT2D eigenvalue weighted by Gasteiger charge is 1.91. The van der Waals surface area contributed by atoms with E-state index in [-0.39, 0.29) is 0 Å². The van der Waals surface area contributed by atoms with Gasteiger partial charge in [0.15, 0.2) is 0 Å². The molecular formula is C8H10S3. The summed E-state index contributed by atoms with van der Waals surface area (Å²) >= 11 is 4.21. The van der Waals surface area contributed by atoms with Gasteiger partial charge in [-0.3, -0.25) is 0 Å². The highest BCUT2D eigenvalue weighted by Crippen LogP contribution is 2.30. The van der Waals surface area contributed by atoms with Gasteiger partial charge in [-0.05, 0) is 24.3 Å². The summed E-state index contributed by atoms with van der Waals surface area (Å²) in [5, 5.41) is 0. The second-order valence-corrected chi connectivity index (χ2v) is 5.16. The Kier molecular flexibility index (Phi) is 4.26. The van der Waals surface area contributed by atoms with Crippen LogP contribution in [0.25, 0.3) is 0 Å². The van der Waals surface area contributed by atoms with E-state index in [0.717, 1.165) is 10.6 Å². The number of hydrogen-bond donors (Lipinski definition) is 1. The standard InChI is InChI=1S/C8H10S3/c1-2-10-11-8-5-3-7(9)4-6-8/h3-6,9H,2H2,1H3. The summed E-state index contributed by atoms with van der Waals surface area (Å²) in [5.41, 5.74) is 0. The van der Waals surface area contributed by atoms with Crippen molar-refractivity contribution < 1.29 is 0 Å². The molecule has 0 aliphatic rings. The first-order chi connectivity index (χ1) is 5.33. The van der Waals surface area contributed by atoms with Crippen LogP contribution in [0.5, 0.6) is 0 Å². The van der Waals surface area contributed by atoms with Crippen LogP contribution < -0.4 is 0 Å². The molecule has 0 saturated carbocycles. The van der Waals surface area contributed by atoms with Crippen molar-refractivity contribution in [1.29, 1.82) is 0 Å². The molecule has 0 atom stereocenters. The maximum atomic E-state index is 4.21. The fourth-order valence-electron chi connectivity index (χ4n) is 0.629. The Morgan fingerprint density at radius 3 is 2.45 bits per heavy atom. The molecule has 0 aliphatic carbocycles. The van der Waals surface area contributed by atoms with Crippen molar-refractivity contribution in [3.05, 3.63) is 24.3 Å². The number of hydrogen-bond acceptors (Lipinski definition) is 3. The van der Waals surface area contributed by atoms with Gasteiger partial charge in [0, 0.05) is 15.5 Å². The van der Waals surface area contributed by atoms with E-state index >= 15 is 0 Å². The quantitative estimate of drug-likeness (QED) is 0.586. The molecule has 0 saturated heterocycles. The van der Waals surface area contributed by atoms with Crippen LogP contribution in [-0.4, -0.2) is 5.75 Å². The third-order valence-electron chi connectivity index (χ3n) is 1.11. The van der Waals surface area contributed by atoms with E-state index in [9.17, 15) is 0 Å². The average Bonchev–Trinajstić information content (AvgIpc) is 2.04. The SMILES string of the molecule is CCSSc1ccc(S)cc1. The molecule has 1 aromatic rings. The van der Waals surface area contributed by atoms with Gasteiger partial charge in [-0.25, -0.2) is 0 Å². The van der Waals surface area contributed by atoms with E-state index in [1.54, 1.807) is 0 Å². The van der Waals surface area contributed by atoms with Gasteiger partial charge in [0.05, 0.1) is 0 Å². The molecule has 11 heavy (non-hydrogen) atoms. The number of rotatable bonds is 3. The predicted molar refractivity (Wildman–Crippen MR) is 57.7 cm³/mol. The summed E-state index contributed by atoms with van der Waals surface area (Å²) in [6, 6.07) is 8.22. The first-order valence-corrected chi connectivity index (χ1v) is 6.18. The summed E-state index contributed by atoms with van der Waals surface area (Å²) in [4.78, 5) is 2.32. The molecule has 0 spiro atoms. The van der Waals surface area contributed by atoms with Crippen molar-refractivity contribution >= 4 is 34.2 Å². The van der Waals surface area contributed by atoms with E-state index in [1.807, 2.05) is 33.7 Å². The zero-order chi connectivity index (χ0) is 8.10. The minimum absolute atomic E-state index is 1.02. The second kappa shape index (κ2) is 5.01. The Hall–Kier alpha value is 0.270. The highest BCUT2D eigenvalue weighted by molar-refractivity contribution is 8.76. The molecule has 0 radical (unpaired) electrons. The molecule has 1 rings (SSSR count). The van der Waals surface area contributed by atoms with Crippen LogP contribution in [0, 0.1) is 0 Å². The number of benzene rings is 1. The first-order valence-electron chi connectivity index (χ1n) is 3.41. The summed E-state index contributed by atoms with van der Waals surface area (Å²) in [6.45, 7) is 2.16. The first kappa shape index (κ1) is 9.36. The lowest BCUT2D eigenvalue weighted by molar-refractivity contribution is 1.37. The van der Waals surface area contributed by atoms with Gasteiger partial charge in [0.1, 0.15) is 0 Å². The fraction of sp³-hybridized carbons (Fsp3) is 0.250. The van der Waals surface area contributed by atoms with Crippen molar-refractivity contribution in [2.24, 2.45) is 0 Å². The third-order valence-corrected chi connectivity index (χ3v) is 3.86. The van der Waals surface area contributed by atoms with Crippen LogP contribution in [-0.2, 0) is 0 Å². The monoisotopic (exact) mass is 202 g/mol. The van der Waals surface area contributed by atoms with Crippen molar-refractivity contribution in [2.75, 3.05) is 5.75 Å². The van der Waals surface area contributed by atoms with E-state index in [0.29, 0.717) is 0 Å². The van der Waals surface area contributed by atoms with Gasteiger partial charge < -0.3 is 0 Å². The van der Waals surface area contributed by atoms with Crippen molar-refractivity contribution in [1.82, 2.24) is 0 Å². The van der Waals surface area contributed by atoms with Gasteiger partial charge in [-0.15, -0.1) is 12.6 Å². The zero-order valence-corrected chi connectivity index (χ0v) is 8.81. The normalized spacial score (nSPS) is 10.0. The maximum Gasteiger partial charge on any atom is 0.0183 e. The lowest BCUT2D eigenvalue weighted by Gasteiger charge is -1.97. The van der Waals surface area contributed by atoms with E-state index < -0.39 is 0 Å². The summed E-state index contributed by atoms with van der Waals surface area (Å²) in [6.07, 6.45) is 0. The van der Waals surface area contributed by atoms with E-state index in [1.165, 1.54) is 4.90 Å². The average molecular weight is 202 g/mol. The molecule has 0 bridgehead atoms. The molecule has 0 unspecified atom stereocenters. The Morgan fingerprint density at radius 1 is 1.27 bits per heavy atom. The largest absolute Gasteiger partial charge is 0.143 e. The van der Waals surface area contributed by atoms with Crippen LogP contribution >= 0.6 is 34.2 Å². The van der Waals surface area contributed by atoms with Crippen LogP contribution in [0.15, 0.2) is 34.1 Å². The van der Waals surface area contributed by atoms with Gasteiger partial charge >= 0.3 is 0 Å². The minimum atomic E-state index is 1.02. The molecule has 0 heterocycles. The maximum absolute atomic E-state index is 4.21. The van der Waals surface area contributed by atoms with Gasteiger partial charge in [-0.1, -0.05) is 28.5 Å². The molecule has 0 aromatic heterocycles. The third kappa shape index (κ3) is 3.45. The summed E-state index contributed by atoms with van der Waals surface area (Å²) in [7, 11) is 3.67. The zero-order valence-electron chi connectivity index (χ0n) is 6.28. The molecule has 3 heteroatoms. The van der Waals surface area contributed by atoms with Crippen molar-refractivity contribution in [3.8, 4) is 0 Å². The molecule has 0 aliphatic heterocycles. The van der Waals surface area contributed by atoms with Gasteiger partial charge in [-0.2, -0.15) is 0 Å². The van der Waals surface area contributed by atoms with Crippen molar-refractivity contribution in [3.63, 3.8) is 0 Å². The van der Waals surface area contributed by atoms with Crippen LogP contribution in [0.2, 0.25) is 0 Å². The minimum Gasteiger partial charge on any atom is -0.143 e. The Balaban J connectivity index is 2.52. The number of thiol groups is 1. The Bertz CT molecular complexity index is 205. The summed E-state index contributed by atoms with van der Waals surface area (Å²) < 4.78 is 0. The lowest BCUT2D eigenvalue weighted by Crippen LogP contribution is -1.68. The Morgan fingerprint density at radius 2 is 1.91 bits per heavy atom. The molecule has 0 fully saturated rings. The van der Waals surface area contributed by atoms with Crippen LogP contribution in [0.3, 0.4) is 0 Å². The molecule has 60 valence electrons. The molecule has 0 nitrogen and oxygen atoms in total. The second-order valence-electron chi connectivity index (χ2n) is 1.98. The lowest BCUT2D eigenvalue weighted by atomic mass is 10.4. The Labute approximate surface area is 81.0 Å².